The molecule has 0 fully saturated rings. The third kappa shape index (κ3) is 5.58. The molecule has 10 heteroatoms. The van der Waals surface area contributed by atoms with Gasteiger partial charge in [0.15, 0.2) is 0 Å². The Labute approximate surface area is 168 Å². The minimum atomic E-state index is -4.62. The molecule has 0 saturated heterocycles. The molecule has 150 valence electrons. The Morgan fingerprint density at radius 2 is 1.66 bits per heavy atom. The molecule has 0 unspecified atom stereocenters. The quantitative estimate of drug-likeness (QED) is 0.554. The van der Waals surface area contributed by atoms with Crippen molar-refractivity contribution < 1.29 is 18.0 Å². The predicted octanol–water partition coefficient (Wildman–Crippen LogP) is 4.97. The van der Waals surface area contributed by atoms with E-state index in [9.17, 15) is 18.0 Å². The van der Waals surface area contributed by atoms with E-state index in [0.717, 1.165) is 23.4 Å². The van der Waals surface area contributed by atoms with Gasteiger partial charge in [-0.1, -0.05) is 23.7 Å². The van der Waals surface area contributed by atoms with Crippen LogP contribution in [0.25, 0.3) is 0 Å². The van der Waals surface area contributed by atoms with E-state index >= 15 is 0 Å². The number of alkyl halides is 3. The second-order valence-corrected chi connectivity index (χ2v) is 6.49. The highest BCUT2D eigenvalue weighted by atomic mass is 35.5. The molecule has 0 aliphatic heterocycles. The number of rotatable bonds is 4. The number of amides is 2. The van der Waals surface area contributed by atoms with Crippen LogP contribution >= 0.6 is 11.6 Å². The third-order valence-corrected chi connectivity index (χ3v) is 4.20. The van der Waals surface area contributed by atoms with Crippen molar-refractivity contribution in [1.82, 2.24) is 9.97 Å². The molecule has 0 atom stereocenters. The zero-order chi connectivity index (χ0) is 21.0. The highest BCUT2D eigenvalue weighted by molar-refractivity contribution is 6.31. The number of hydrogen-bond acceptors (Lipinski definition) is 4. The van der Waals surface area contributed by atoms with Crippen LogP contribution in [0.15, 0.2) is 54.9 Å². The Hall–Kier alpha value is -3.33. The summed E-state index contributed by atoms with van der Waals surface area (Å²) in [6.07, 6.45) is -2.70. The van der Waals surface area contributed by atoms with Gasteiger partial charge in [0.1, 0.15) is 12.1 Å². The number of hydrogen-bond donors (Lipinski definition) is 3. The number of halogens is 4. The zero-order valence-corrected chi connectivity index (χ0v) is 15.6. The van der Waals surface area contributed by atoms with Gasteiger partial charge in [0.05, 0.1) is 16.3 Å². The number of anilines is 3. The Morgan fingerprint density at radius 3 is 2.31 bits per heavy atom. The summed E-state index contributed by atoms with van der Waals surface area (Å²) in [4.78, 5) is 20.0. The van der Waals surface area contributed by atoms with E-state index in [-0.39, 0.29) is 5.69 Å². The second-order valence-electron chi connectivity index (χ2n) is 6.08. The molecule has 3 aromatic rings. The molecule has 4 N–H and O–H groups in total. The lowest BCUT2D eigenvalue weighted by Crippen LogP contribution is -2.20. The number of nitrogens with zero attached hydrogens (tertiary/aromatic N) is 2. The molecule has 0 spiro atoms. The van der Waals surface area contributed by atoms with Gasteiger partial charge in [-0.25, -0.2) is 14.8 Å². The Balaban J connectivity index is 1.62. The first-order valence-electron chi connectivity index (χ1n) is 8.31. The summed E-state index contributed by atoms with van der Waals surface area (Å²) in [7, 11) is 0. The van der Waals surface area contributed by atoms with Crippen LogP contribution in [0.1, 0.15) is 16.8 Å². The summed E-state index contributed by atoms with van der Waals surface area (Å²) < 4.78 is 38.7. The maximum atomic E-state index is 12.9. The lowest BCUT2D eigenvalue weighted by atomic mass is 10.1. The summed E-state index contributed by atoms with van der Waals surface area (Å²) in [5.74, 6) is 0.376. The van der Waals surface area contributed by atoms with Crippen molar-refractivity contribution >= 4 is 34.8 Å². The van der Waals surface area contributed by atoms with Crippen molar-refractivity contribution in [1.29, 1.82) is 0 Å². The monoisotopic (exact) mass is 421 g/mol. The molecule has 1 aromatic heterocycles. The number of carbonyl (C=O) groups excluding carboxylic acids is 1. The average Bonchev–Trinajstić information content (AvgIpc) is 2.64. The van der Waals surface area contributed by atoms with Crippen LogP contribution in [0.3, 0.4) is 0 Å². The van der Waals surface area contributed by atoms with Crippen LogP contribution in [0.2, 0.25) is 5.02 Å². The molecule has 2 amide bonds. The fraction of sp³-hybridized carbons (Fsp3) is 0.105. The molecule has 0 bridgehead atoms. The average molecular weight is 422 g/mol. The second kappa shape index (κ2) is 8.36. The maximum Gasteiger partial charge on any atom is 0.417 e. The first-order chi connectivity index (χ1) is 13.7. The van der Waals surface area contributed by atoms with Crippen molar-refractivity contribution in [2.75, 3.05) is 16.4 Å². The highest BCUT2D eigenvalue weighted by Gasteiger charge is 2.33. The Bertz CT molecular complexity index is 1030. The van der Waals surface area contributed by atoms with Gasteiger partial charge < -0.3 is 16.4 Å². The number of benzene rings is 2. The van der Waals surface area contributed by atoms with Crippen LogP contribution in [-0.4, -0.2) is 16.0 Å². The van der Waals surface area contributed by atoms with Gasteiger partial charge in [-0.3, -0.25) is 0 Å². The molecule has 29 heavy (non-hydrogen) atoms. The number of urea groups is 1. The van der Waals surface area contributed by atoms with Gasteiger partial charge in [-0.05, 0) is 35.9 Å². The first kappa shape index (κ1) is 20.4. The van der Waals surface area contributed by atoms with Crippen molar-refractivity contribution in [2.24, 2.45) is 0 Å². The summed E-state index contributed by atoms with van der Waals surface area (Å²) in [6, 6.07) is 11.0. The minimum absolute atomic E-state index is 0.0304. The molecule has 0 aliphatic carbocycles. The van der Waals surface area contributed by atoms with Crippen LogP contribution < -0.4 is 16.4 Å². The number of nitrogens with one attached hydrogen (secondary N) is 2. The van der Waals surface area contributed by atoms with Gasteiger partial charge in [0.2, 0.25) is 0 Å². The van der Waals surface area contributed by atoms with Gasteiger partial charge in [0.25, 0.3) is 0 Å². The maximum absolute atomic E-state index is 12.9. The molecule has 0 aliphatic rings. The smallest absolute Gasteiger partial charge is 0.384 e. The highest BCUT2D eigenvalue weighted by Crippen LogP contribution is 2.36. The number of aromatic nitrogens is 2. The van der Waals surface area contributed by atoms with Crippen molar-refractivity contribution in [3.8, 4) is 0 Å². The SMILES string of the molecule is Nc1cc(Cc2ccc(NC(=O)Nc3ccc(Cl)c(C(F)(F)F)c3)cc2)ncn1. The molecule has 0 saturated carbocycles. The van der Waals surface area contributed by atoms with Gasteiger partial charge >= 0.3 is 12.2 Å². The fourth-order valence-corrected chi connectivity index (χ4v) is 2.77. The number of nitrogen functional groups attached to an aromatic ring is 1. The first-order valence-corrected chi connectivity index (χ1v) is 8.68. The van der Waals surface area contributed by atoms with Crippen LogP contribution in [-0.2, 0) is 12.6 Å². The summed E-state index contributed by atoms with van der Waals surface area (Å²) in [6.45, 7) is 0. The summed E-state index contributed by atoms with van der Waals surface area (Å²) >= 11 is 5.57. The number of carbonyl (C=O) groups is 1. The zero-order valence-electron chi connectivity index (χ0n) is 14.8. The normalized spacial score (nSPS) is 11.2. The molecule has 2 aromatic carbocycles. The van der Waals surface area contributed by atoms with E-state index in [1.54, 1.807) is 30.3 Å². The number of nitrogens with two attached hydrogens (primary N) is 1. The van der Waals surface area contributed by atoms with E-state index in [1.807, 2.05) is 0 Å². The van der Waals surface area contributed by atoms with E-state index in [1.165, 1.54) is 12.4 Å². The molecular weight excluding hydrogens is 407 g/mol. The molecule has 6 nitrogen and oxygen atoms in total. The van der Waals surface area contributed by atoms with Gasteiger partial charge in [0, 0.05) is 23.9 Å². The van der Waals surface area contributed by atoms with Crippen LogP contribution in [0, 0.1) is 0 Å². The molecular formula is C19H15ClF3N5O. The van der Waals surface area contributed by atoms with E-state index in [4.69, 9.17) is 17.3 Å². The van der Waals surface area contributed by atoms with Gasteiger partial charge in [-0.15, -0.1) is 0 Å². The summed E-state index contributed by atoms with van der Waals surface area (Å²) in [5.41, 5.74) is 6.72. The minimum Gasteiger partial charge on any atom is -0.384 e. The van der Waals surface area contributed by atoms with Crippen molar-refractivity contribution in [3.63, 3.8) is 0 Å². The third-order valence-electron chi connectivity index (χ3n) is 3.87. The van der Waals surface area contributed by atoms with Crippen LogP contribution in [0.4, 0.5) is 35.2 Å². The van der Waals surface area contributed by atoms with Crippen LogP contribution in [0.5, 0.6) is 0 Å². The van der Waals surface area contributed by atoms with Crippen molar-refractivity contribution in [3.05, 3.63) is 76.7 Å². The van der Waals surface area contributed by atoms with E-state index in [0.29, 0.717) is 17.9 Å². The standard InChI is InChI=1S/C19H15ClF3N5O/c20-16-6-5-13(8-15(16)19(21,22)23)28-18(29)27-12-3-1-11(2-4-12)7-14-9-17(24)26-10-25-14/h1-6,8-10H,7H2,(H2,24,25,26)(H2,27,28,29). The predicted molar refractivity (Wildman–Crippen MR) is 105 cm³/mol. The van der Waals surface area contributed by atoms with E-state index < -0.39 is 22.8 Å². The Kier molecular flexibility index (Phi) is 5.88. The lowest BCUT2D eigenvalue weighted by molar-refractivity contribution is -0.137. The van der Waals surface area contributed by atoms with E-state index in [2.05, 4.69) is 20.6 Å². The lowest BCUT2D eigenvalue weighted by Gasteiger charge is -2.12. The largest absolute Gasteiger partial charge is 0.417 e. The fourth-order valence-electron chi connectivity index (χ4n) is 2.54. The topological polar surface area (TPSA) is 92.9 Å². The van der Waals surface area contributed by atoms with Gasteiger partial charge in [-0.2, -0.15) is 13.2 Å². The Morgan fingerprint density at radius 1 is 1.00 bits per heavy atom. The summed E-state index contributed by atoms with van der Waals surface area (Å²) in [5, 5.41) is 4.46. The molecule has 3 rings (SSSR count). The molecule has 0 radical (unpaired) electrons. The molecule has 1 heterocycles. The van der Waals surface area contributed by atoms with Crippen molar-refractivity contribution in [2.45, 2.75) is 12.6 Å².